The largest absolute Gasteiger partial charge is 0.469 e. The van der Waals surface area contributed by atoms with Gasteiger partial charge < -0.3 is 10.3 Å². The Morgan fingerprint density at radius 3 is 2.59 bits per heavy atom. The molecule has 3 aromatic rings. The van der Waals surface area contributed by atoms with Crippen LogP contribution in [0.25, 0.3) is 11.4 Å². The van der Waals surface area contributed by atoms with Crippen LogP contribution in [-0.2, 0) is 0 Å². The summed E-state index contributed by atoms with van der Waals surface area (Å²) < 4.78 is 19.7. The van der Waals surface area contributed by atoms with Gasteiger partial charge in [0.2, 0.25) is 5.16 Å². The number of hydrogen-bond acceptors (Lipinski definition) is 5. The first kappa shape index (κ1) is 14.6. The Kier molecular flexibility index (Phi) is 3.89. The summed E-state index contributed by atoms with van der Waals surface area (Å²) in [4.78, 5) is 0. The van der Waals surface area contributed by atoms with Crippen LogP contribution in [0.1, 0.15) is 23.5 Å². The molecule has 0 amide bonds. The average molecular weight is 318 g/mol. The molecular weight excluding hydrogens is 303 g/mol. The topological polar surface area (TPSA) is 69.9 Å². The zero-order chi connectivity index (χ0) is 15.7. The van der Waals surface area contributed by atoms with Gasteiger partial charge in [0.05, 0.1) is 11.8 Å². The first-order chi connectivity index (χ1) is 10.6. The molecule has 2 aromatic heterocycles. The molecule has 114 valence electrons. The highest BCUT2D eigenvalue weighted by Gasteiger charge is 2.18. The van der Waals surface area contributed by atoms with E-state index in [1.54, 1.807) is 24.5 Å². The lowest BCUT2D eigenvalue weighted by Gasteiger charge is -2.10. The van der Waals surface area contributed by atoms with Crippen molar-refractivity contribution in [3.05, 3.63) is 53.7 Å². The molecule has 5 nitrogen and oxygen atoms in total. The molecule has 0 saturated carbocycles. The number of nitrogen functional groups attached to an aromatic ring is 1. The van der Waals surface area contributed by atoms with Gasteiger partial charge in [-0.25, -0.2) is 9.07 Å². The second-order valence-corrected chi connectivity index (χ2v) is 6.19. The van der Waals surface area contributed by atoms with Crippen LogP contribution in [-0.4, -0.2) is 14.9 Å². The Morgan fingerprint density at radius 1 is 1.23 bits per heavy atom. The van der Waals surface area contributed by atoms with E-state index in [1.165, 1.54) is 28.6 Å². The van der Waals surface area contributed by atoms with Crippen molar-refractivity contribution in [2.45, 2.75) is 24.3 Å². The summed E-state index contributed by atoms with van der Waals surface area (Å²) in [6.45, 7) is 3.85. The van der Waals surface area contributed by atoms with Gasteiger partial charge in [0.25, 0.3) is 0 Å². The van der Waals surface area contributed by atoms with Gasteiger partial charge >= 0.3 is 0 Å². The number of nitrogens with zero attached hydrogens (tertiary/aromatic N) is 3. The van der Waals surface area contributed by atoms with Gasteiger partial charge in [-0.3, -0.25) is 0 Å². The summed E-state index contributed by atoms with van der Waals surface area (Å²) in [6, 6.07) is 8.21. The minimum Gasteiger partial charge on any atom is -0.469 e. The molecule has 0 aliphatic rings. The SMILES string of the molecule is Cc1occc1-c1nnc(SC(C)c2ccc(F)cc2)n1N. The molecule has 3 rings (SSSR count). The van der Waals surface area contributed by atoms with E-state index in [0.29, 0.717) is 11.0 Å². The highest BCUT2D eigenvalue weighted by Crippen LogP contribution is 2.34. The second kappa shape index (κ2) is 5.84. The van der Waals surface area contributed by atoms with E-state index >= 15 is 0 Å². The number of benzene rings is 1. The van der Waals surface area contributed by atoms with Crippen molar-refractivity contribution in [3.63, 3.8) is 0 Å². The Morgan fingerprint density at radius 2 is 1.95 bits per heavy atom. The maximum absolute atomic E-state index is 13.0. The Labute approximate surface area is 131 Å². The summed E-state index contributed by atoms with van der Waals surface area (Å²) in [5.41, 5.74) is 1.81. The van der Waals surface area contributed by atoms with E-state index in [4.69, 9.17) is 10.3 Å². The van der Waals surface area contributed by atoms with E-state index in [1.807, 2.05) is 13.8 Å². The molecule has 2 N–H and O–H groups in total. The highest BCUT2D eigenvalue weighted by atomic mass is 32.2. The van der Waals surface area contributed by atoms with Crippen LogP contribution in [0.2, 0.25) is 0 Å². The number of thioether (sulfide) groups is 1. The third-order valence-electron chi connectivity index (χ3n) is 3.39. The van der Waals surface area contributed by atoms with Crippen LogP contribution in [0.4, 0.5) is 4.39 Å². The van der Waals surface area contributed by atoms with Gasteiger partial charge in [-0.05, 0) is 37.6 Å². The van der Waals surface area contributed by atoms with Crippen molar-refractivity contribution in [1.29, 1.82) is 0 Å². The van der Waals surface area contributed by atoms with Crippen molar-refractivity contribution in [2.75, 3.05) is 5.84 Å². The fraction of sp³-hybridized carbons (Fsp3) is 0.200. The van der Waals surface area contributed by atoms with Crippen molar-refractivity contribution >= 4 is 11.8 Å². The molecule has 0 bridgehead atoms. The minimum atomic E-state index is -0.249. The molecule has 7 heteroatoms. The zero-order valence-corrected chi connectivity index (χ0v) is 13.0. The van der Waals surface area contributed by atoms with Crippen molar-refractivity contribution in [2.24, 2.45) is 0 Å². The number of aromatic nitrogens is 3. The van der Waals surface area contributed by atoms with Gasteiger partial charge in [-0.2, -0.15) is 0 Å². The molecule has 0 radical (unpaired) electrons. The maximum atomic E-state index is 13.0. The van der Waals surface area contributed by atoms with E-state index in [-0.39, 0.29) is 11.1 Å². The molecular formula is C15H15FN4OS. The Balaban J connectivity index is 1.83. The number of furan rings is 1. The fourth-order valence-electron chi connectivity index (χ4n) is 2.12. The summed E-state index contributed by atoms with van der Waals surface area (Å²) in [7, 11) is 0. The quantitative estimate of drug-likeness (QED) is 0.588. The van der Waals surface area contributed by atoms with E-state index in [2.05, 4.69) is 10.2 Å². The van der Waals surface area contributed by atoms with Crippen molar-refractivity contribution in [3.8, 4) is 11.4 Å². The smallest absolute Gasteiger partial charge is 0.210 e. The predicted molar refractivity (Wildman–Crippen MR) is 83.3 cm³/mol. The van der Waals surface area contributed by atoms with Crippen LogP contribution < -0.4 is 5.84 Å². The number of rotatable bonds is 4. The first-order valence-electron chi connectivity index (χ1n) is 6.73. The number of halogens is 1. The minimum absolute atomic E-state index is 0.0744. The molecule has 0 saturated heterocycles. The summed E-state index contributed by atoms with van der Waals surface area (Å²) in [5.74, 6) is 7.13. The van der Waals surface area contributed by atoms with Crippen LogP contribution in [0.15, 0.2) is 46.2 Å². The van der Waals surface area contributed by atoms with Crippen molar-refractivity contribution in [1.82, 2.24) is 14.9 Å². The third kappa shape index (κ3) is 2.71. The zero-order valence-electron chi connectivity index (χ0n) is 12.2. The monoisotopic (exact) mass is 318 g/mol. The van der Waals surface area contributed by atoms with Gasteiger partial charge in [-0.1, -0.05) is 23.9 Å². The molecule has 2 heterocycles. The lowest BCUT2D eigenvalue weighted by molar-refractivity contribution is 0.535. The lowest BCUT2D eigenvalue weighted by atomic mass is 10.2. The number of nitrogens with two attached hydrogens (primary N) is 1. The summed E-state index contributed by atoms with van der Waals surface area (Å²) in [5, 5.41) is 8.92. The van der Waals surface area contributed by atoms with Gasteiger partial charge in [-0.15, -0.1) is 10.2 Å². The normalized spacial score (nSPS) is 12.5. The molecule has 22 heavy (non-hydrogen) atoms. The molecule has 1 unspecified atom stereocenters. The van der Waals surface area contributed by atoms with Gasteiger partial charge in [0.1, 0.15) is 11.6 Å². The molecule has 0 aliphatic heterocycles. The molecule has 0 spiro atoms. The second-order valence-electron chi connectivity index (χ2n) is 4.88. The van der Waals surface area contributed by atoms with E-state index in [0.717, 1.165) is 16.9 Å². The maximum Gasteiger partial charge on any atom is 0.210 e. The molecule has 1 aromatic carbocycles. The average Bonchev–Trinajstić information content (AvgIpc) is 3.06. The summed E-state index contributed by atoms with van der Waals surface area (Å²) in [6.07, 6.45) is 1.59. The highest BCUT2D eigenvalue weighted by molar-refractivity contribution is 7.99. The first-order valence-corrected chi connectivity index (χ1v) is 7.61. The standard InChI is InChI=1S/C15H15FN4OS/c1-9-13(7-8-21-9)14-18-19-15(20(14)17)22-10(2)11-3-5-12(16)6-4-11/h3-8,10H,17H2,1-2H3. The van der Waals surface area contributed by atoms with Crippen molar-refractivity contribution < 1.29 is 8.81 Å². The predicted octanol–water partition coefficient (Wildman–Crippen LogP) is 3.55. The lowest BCUT2D eigenvalue weighted by Crippen LogP contribution is -2.12. The fourth-order valence-corrected chi connectivity index (χ4v) is 3.02. The molecule has 0 aliphatic carbocycles. The van der Waals surface area contributed by atoms with Crippen LogP contribution in [0, 0.1) is 12.7 Å². The van der Waals surface area contributed by atoms with E-state index < -0.39 is 0 Å². The van der Waals surface area contributed by atoms with Crippen LogP contribution >= 0.6 is 11.8 Å². The van der Waals surface area contributed by atoms with E-state index in [9.17, 15) is 4.39 Å². The number of aryl methyl sites for hydroxylation is 1. The summed E-state index contributed by atoms with van der Waals surface area (Å²) >= 11 is 1.46. The van der Waals surface area contributed by atoms with Gasteiger partial charge in [0.15, 0.2) is 5.82 Å². The van der Waals surface area contributed by atoms with Crippen LogP contribution in [0.5, 0.6) is 0 Å². The van der Waals surface area contributed by atoms with Gasteiger partial charge in [0, 0.05) is 5.25 Å². The van der Waals surface area contributed by atoms with Crippen LogP contribution in [0.3, 0.4) is 0 Å². The Bertz CT molecular complexity index is 781. The Hall–Kier alpha value is -2.28. The number of hydrogen-bond donors (Lipinski definition) is 1. The molecule has 0 fully saturated rings. The third-order valence-corrected chi connectivity index (χ3v) is 4.50. The molecule has 1 atom stereocenters.